The number of rotatable bonds is 2. The molecule has 2 aromatic heterocycles. The summed E-state index contributed by atoms with van der Waals surface area (Å²) in [4.78, 5) is 15.3. The summed E-state index contributed by atoms with van der Waals surface area (Å²) in [5.74, 6) is -0.481. The monoisotopic (exact) mass is 260 g/mol. The third-order valence-electron chi connectivity index (χ3n) is 2.47. The number of carbonyl (C=O) groups excluding carboxylic acids is 1. The summed E-state index contributed by atoms with van der Waals surface area (Å²) in [7, 11) is 0. The first-order valence-corrected chi connectivity index (χ1v) is 6.73. The molecule has 0 atom stereocenters. The molecular weight excluding hydrogens is 252 g/mol. The van der Waals surface area contributed by atoms with Gasteiger partial charge in [0.15, 0.2) is 0 Å². The Morgan fingerprint density at radius 3 is 2.88 bits per heavy atom. The van der Waals surface area contributed by atoms with Crippen LogP contribution in [0.3, 0.4) is 0 Å². The number of thiazole rings is 1. The summed E-state index contributed by atoms with van der Waals surface area (Å²) >= 11 is 3.12. The average molecular weight is 260 g/mol. The van der Waals surface area contributed by atoms with Crippen molar-refractivity contribution in [1.82, 2.24) is 4.98 Å². The zero-order chi connectivity index (χ0) is 11.8. The van der Waals surface area contributed by atoms with Crippen molar-refractivity contribution in [2.75, 3.05) is 0 Å². The van der Waals surface area contributed by atoms with E-state index in [-0.39, 0.29) is 0 Å². The van der Waals surface area contributed by atoms with Crippen LogP contribution < -0.4 is 5.73 Å². The van der Waals surface area contributed by atoms with Gasteiger partial charge in [-0.15, -0.1) is 22.7 Å². The molecular formula is C12H8N2OS2. The fourth-order valence-electron chi connectivity index (χ4n) is 1.67. The van der Waals surface area contributed by atoms with Gasteiger partial charge >= 0.3 is 0 Å². The highest BCUT2D eigenvalue weighted by Crippen LogP contribution is 2.33. The van der Waals surface area contributed by atoms with Crippen LogP contribution in [0.25, 0.3) is 20.7 Å². The maximum atomic E-state index is 11.0. The van der Waals surface area contributed by atoms with Crippen LogP contribution in [0.2, 0.25) is 0 Å². The molecule has 84 valence electrons. The summed E-state index contributed by atoms with van der Waals surface area (Å²) in [5, 5.41) is 5.79. The van der Waals surface area contributed by atoms with Gasteiger partial charge in [-0.3, -0.25) is 4.79 Å². The Labute approximate surface area is 106 Å². The summed E-state index contributed by atoms with van der Waals surface area (Å²) in [5.41, 5.74) is 6.60. The van der Waals surface area contributed by atoms with Gasteiger partial charge in [-0.25, -0.2) is 4.98 Å². The number of nitrogens with zero attached hydrogens (tertiary/aromatic N) is 1. The molecule has 3 aromatic rings. The third kappa shape index (κ3) is 1.73. The number of aromatic nitrogens is 1. The van der Waals surface area contributed by atoms with Gasteiger partial charge in [0.05, 0.1) is 0 Å². The Hall–Kier alpha value is -1.72. The second-order valence-electron chi connectivity index (χ2n) is 3.55. The standard InChI is InChI=1S/C12H8N2OS2/c13-11(15)9-6-17-12(14-9)8-3-1-2-7-4-5-16-10(7)8/h1-6H,(H2,13,15). The molecule has 3 rings (SSSR count). The van der Waals surface area contributed by atoms with E-state index >= 15 is 0 Å². The van der Waals surface area contributed by atoms with Gasteiger partial charge in [-0.1, -0.05) is 18.2 Å². The van der Waals surface area contributed by atoms with E-state index in [1.807, 2.05) is 12.1 Å². The Balaban J connectivity index is 2.19. The van der Waals surface area contributed by atoms with E-state index in [1.165, 1.54) is 21.4 Å². The fraction of sp³-hybridized carbons (Fsp3) is 0. The summed E-state index contributed by atoms with van der Waals surface area (Å²) in [6.07, 6.45) is 0. The number of primary amides is 1. The Kier molecular flexibility index (Phi) is 2.42. The third-order valence-corrected chi connectivity index (χ3v) is 4.31. The minimum Gasteiger partial charge on any atom is -0.364 e. The number of carbonyl (C=O) groups is 1. The minimum absolute atomic E-state index is 0.332. The molecule has 0 fully saturated rings. The number of fused-ring (bicyclic) bond motifs is 1. The van der Waals surface area contributed by atoms with Crippen LogP contribution in [-0.2, 0) is 0 Å². The van der Waals surface area contributed by atoms with Crippen molar-refractivity contribution < 1.29 is 4.79 Å². The number of hydrogen-bond acceptors (Lipinski definition) is 4. The highest BCUT2D eigenvalue weighted by atomic mass is 32.1. The van der Waals surface area contributed by atoms with Gasteiger partial charge in [-0.2, -0.15) is 0 Å². The van der Waals surface area contributed by atoms with Crippen LogP contribution in [0.4, 0.5) is 0 Å². The second-order valence-corrected chi connectivity index (χ2v) is 5.32. The van der Waals surface area contributed by atoms with Crippen molar-refractivity contribution in [2.45, 2.75) is 0 Å². The normalized spacial score (nSPS) is 10.8. The lowest BCUT2D eigenvalue weighted by molar-refractivity contribution is 0.0996. The maximum absolute atomic E-state index is 11.0. The fourth-order valence-corrected chi connectivity index (χ4v) is 3.49. The molecule has 1 aromatic carbocycles. The first-order valence-electron chi connectivity index (χ1n) is 4.97. The zero-order valence-electron chi connectivity index (χ0n) is 8.71. The summed E-state index contributed by atoms with van der Waals surface area (Å²) < 4.78 is 1.19. The molecule has 0 radical (unpaired) electrons. The first kappa shape index (κ1) is 10.4. The lowest BCUT2D eigenvalue weighted by Crippen LogP contribution is -2.10. The van der Waals surface area contributed by atoms with Crippen LogP contribution in [0, 0.1) is 0 Å². The molecule has 3 nitrogen and oxygen atoms in total. The molecule has 2 heterocycles. The smallest absolute Gasteiger partial charge is 0.268 e. The molecule has 0 bridgehead atoms. The van der Waals surface area contributed by atoms with Crippen molar-refractivity contribution in [2.24, 2.45) is 5.73 Å². The Morgan fingerprint density at radius 2 is 2.12 bits per heavy atom. The molecule has 0 aliphatic carbocycles. The van der Waals surface area contributed by atoms with Crippen molar-refractivity contribution in [3.05, 3.63) is 40.7 Å². The molecule has 5 heteroatoms. The van der Waals surface area contributed by atoms with Crippen LogP contribution >= 0.6 is 22.7 Å². The zero-order valence-corrected chi connectivity index (χ0v) is 10.3. The molecule has 1 amide bonds. The van der Waals surface area contributed by atoms with Crippen molar-refractivity contribution >= 4 is 38.7 Å². The van der Waals surface area contributed by atoms with Gasteiger partial charge in [0.2, 0.25) is 0 Å². The van der Waals surface area contributed by atoms with E-state index in [1.54, 1.807) is 16.7 Å². The number of benzene rings is 1. The van der Waals surface area contributed by atoms with Gasteiger partial charge in [0.1, 0.15) is 10.7 Å². The number of nitrogens with two attached hydrogens (primary N) is 1. The lowest BCUT2D eigenvalue weighted by atomic mass is 10.2. The summed E-state index contributed by atoms with van der Waals surface area (Å²) in [6.45, 7) is 0. The predicted octanol–water partition coefficient (Wildman–Crippen LogP) is 3.12. The molecule has 0 unspecified atom stereocenters. The number of thiophene rings is 1. The van der Waals surface area contributed by atoms with Gasteiger partial charge in [-0.05, 0) is 16.8 Å². The largest absolute Gasteiger partial charge is 0.364 e. The molecule has 0 saturated carbocycles. The highest BCUT2D eigenvalue weighted by molar-refractivity contribution is 7.19. The van der Waals surface area contributed by atoms with E-state index in [4.69, 9.17) is 5.73 Å². The molecule has 0 aliphatic rings. The van der Waals surface area contributed by atoms with Gasteiger partial charge in [0.25, 0.3) is 5.91 Å². The Morgan fingerprint density at radius 1 is 1.24 bits per heavy atom. The molecule has 0 saturated heterocycles. The van der Waals surface area contributed by atoms with Crippen LogP contribution in [0.1, 0.15) is 10.5 Å². The number of hydrogen-bond donors (Lipinski definition) is 1. The first-order chi connectivity index (χ1) is 8.25. The molecule has 17 heavy (non-hydrogen) atoms. The van der Waals surface area contributed by atoms with E-state index in [0.29, 0.717) is 5.69 Å². The van der Waals surface area contributed by atoms with E-state index in [9.17, 15) is 4.79 Å². The maximum Gasteiger partial charge on any atom is 0.268 e. The van der Waals surface area contributed by atoms with Crippen molar-refractivity contribution in [3.63, 3.8) is 0 Å². The molecule has 0 aliphatic heterocycles. The molecule has 0 spiro atoms. The topological polar surface area (TPSA) is 56.0 Å². The number of amides is 1. The minimum atomic E-state index is -0.481. The lowest BCUT2D eigenvalue weighted by Gasteiger charge is -1.97. The average Bonchev–Trinajstić information content (AvgIpc) is 2.97. The second kappa shape index (κ2) is 3.94. The Bertz CT molecular complexity index is 699. The van der Waals surface area contributed by atoms with Crippen LogP contribution in [0.5, 0.6) is 0 Å². The van der Waals surface area contributed by atoms with Crippen molar-refractivity contribution in [3.8, 4) is 10.6 Å². The van der Waals surface area contributed by atoms with E-state index in [0.717, 1.165) is 10.6 Å². The summed E-state index contributed by atoms with van der Waals surface area (Å²) in [6, 6.07) is 8.15. The van der Waals surface area contributed by atoms with Crippen LogP contribution in [0.15, 0.2) is 35.0 Å². The van der Waals surface area contributed by atoms with Crippen LogP contribution in [-0.4, -0.2) is 10.9 Å². The quantitative estimate of drug-likeness (QED) is 0.769. The van der Waals surface area contributed by atoms with E-state index in [2.05, 4.69) is 22.5 Å². The highest BCUT2D eigenvalue weighted by Gasteiger charge is 2.11. The molecule has 2 N–H and O–H groups in total. The SMILES string of the molecule is NC(=O)c1csc(-c2cccc3ccsc23)n1. The predicted molar refractivity (Wildman–Crippen MR) is 71.5 cm³/mol. The van der Waals surface area contributed by atoms with E-state index < -0.39 is 5.91 Å². The van der Waals surface area contributed by atoms with Gasteiger partial charge in [0, 0.05) is 15.6 Å². The van der Waals surface area contributed by atoms with Gasteiger partial charge < -0.3 is 5.73 Å². The van der Waals surface area contributed by atoms with Crippen molar-refractivity contribution in [1.29, 1.82) is 0 Å².